The molecule has 0 aliphatic rings. The molecule has 5 heteroatoms. The van der Waals surface area contributed by atoms with Crippen LogP contribution in [0.5, 0.6) is 5.75 Å². The maximum atomic E-state index is 12.1. The quantitative estimate of drug-likeness (QED) is 0.746. The molecule has 0 spiro atoms. The van der Waals surface area contributed by atoms with Crippen molar-refractivity contribution in [2.24, 2.45) is 0 Å². The van der Waals surface area contributed by atoms with Gasteiger partial charge in [0.15, 0.2) is 0 Å². The summed E-state index contributed by atoms with van der Waals surface area (Å²) in [7, 11) is 1.65. The van der Waals surface area contributed by atoms with Crippen molar-refractivity contribution in [3.63, 3.8) is 0 Å². The number of hydrogen-bond acceptors (Lipinski definition) is 3. The van der Waals surface area contributed by atoms with Gasteiger partial charge in [-0.25, -0.2) is 4.79 Å². The molecule has 0 radical (unpaired) electrons. The third kappa shape index (κ3) is 5.41. The van der Waals surface area contributed by atoms with Crippen molar-refractivity contribution in [1.29, 1.82) is 0 Å². The fourth-order valence-corrected chi connectivity index (χ4v) is 2.85. The number of benzene rings is 2. The van der Waals surface area contributed by atoms with Crippen LogP contribution in [0.15, 0.2) is 42.5 Å². The van der Waals surface area contributed by atoms with Crippen LogP contribution in [0, 0.1) is 6.92 Å². The third-order valence-electron chi connectivity index (χ3n) is 4.45. The highest BCUT2D eigenvalue weighted by Crippen LogP contribution is 2.22. The Labute approximate surface area is 156 Å². The van der Waals surface area contributed by atoms with Gasteiger partial charge in [-0.15, -0.1) is 0 Å². The lowest BCUT2D eigenvalue weighted by molar-refractivity contribution is 0.252. The van der Waals surface area contributed by atoms with Gasteiger partial charge in [0, 0.05) is 31.0 Å². The molecule has 2 aromatic rings. The normalized spacial score (nSPS) is 10.3. The lowest BCUT2D eigenvalue weighted by Gasteiger charge is -2.22. The van der Waals surface area contributed by atoms with Gasteiger partial charge in [-0.3, -0.25) is 0 Å². The smallest absolute Gasteiger partial charge is 0.319 e. The minimum Gasteiger partial charge on any atom is -0.497 e. The van der Waals surface area contributed by atoms with E-state index in [1.807, 2.05) is 43.3 Å². The molecule has 0 atom stereocenters. The van der Waals surface area contributed by atoms with Crippen molar-refractivity contribution < 1.29 is 9.53 Å². The van der Waals surface area contributed by atoms with Gasteiger partial charge in [0.1, 0.15) is 5.75 Å². The fourth-order valence-electron chi connectivity index (χ4n) is 2.85. The molecule has 2 N–H and O–H groups in total. The molecule has 2 rings (SSSR count). The van der Waals surface area contributed by atoms with E-state index in [0.717, 1.165) is 42.1 Å². The maximum Gasteiger partial charge on any atom is 0.319 e. The van der Waals surface area contributed by atoms with Crippen LogP contribution in [0.1, 0.15) is 25.0 Å². The summed E-state index contributed by atoms with van der Waals surface area (Å²) in [6.07, 6.45) is 0.775. The Bertz CT molecular complexity index is 710. The first-order valence-electron chi connectivity index (χ1n) is 9.10. The van der Waals surface area contributed by atoms with Gasteiger partial charge in [0.25, 0.3) is 0 Å². The number of nitrogens with one attached hydrogen (secondary N) is 2. The summed E-state index contributed by atoms with van der Waals surface area (Å²) in [5.74, 6) is 0.836. The first-order chi connectivity index (χ1) is 12.6. The SMILES string of the molecule is CCN(CC)c1ccc(NC(=O)NCCc2ccc(OC)cc2)c(C)c1. The van der Waals surface area contributed by atoms with E-state index in [-0.39, 0.29) is 6.03 Å². The standard InChI is InChI=1S/C21H29N3O2/c1-5-24(6-2)18-9-12-20(16(3)15-18)23-21(25)22-14-13-17-7-10-19(26-4)11-8-17/h7-12,15H,5-6,13-14H2,1-4H3,(H2,22,23,25). The Morgan fingerprint density at radius 3 is 2.35 bits per heavy atom. The van der Waals surface area contributed by atoms with Gasteiger partial charge >= 0.3 is 6.03 Å². The average Bonchev–Trinajstić information content (AvgIpc) is 2.65. The van der Waals surface area contributed by atoms with E-state index >= 15 is 0 Å². The lowest BCUT2D eigenvalue weighted by atomic mass is 10.1. The molecule has 0 aliphatic carbocycles. The van der Waals surface area contributed by atoms with Gasteiger partial charge < -0.3 is 20.3 Å². The second-order valence-corrected chi connectivity index (χ2v) is 6.15. The molecule has 0 unspecified atom stereocenters. The maximum absolute atomic E-state index is 12.1. The molecule has 140 valence electrons. The van der Waals surface area contributed by atoms with Crippen LogP contribution in [0.3, 0.4) is 0 Å². The molecule has 26 heavy (non-hydrogen) atoms. The molecule has 0 heterocycles. The van der Waals surface area contributed by atoms with E-state index in [1.165, 1.54) is 5.69 Å². The number of aryl methyl sites for hydroxylation is 1. The second-order valence-electron chi connectivity index (χ2n) is 6.15. The van der Waals surface area contributed by atoms with Crippen LogP contribution in [0.25, 0.3) is 0 Å². The van der Waals surface area contributed by atoms with Crippen molar-refractivity contribution >= 4 is 17.4 Å². The lowest BCUT2D eigenvalue weighted by Crippen LogP contribution is -2.30. The summed E-state index contributed by atoms with van der Waals surface area (Å²) in [5, 5.41) is 5.83. The number of carbonyl (C=O) groups excluding carboxylic acids is 1. The molecular formula is C21H29N3O2. The molecule has 0 saturated carbocycles. The monoisotopic (exact) mass is 355 g/mol. The van der Waals surface area contributed by atoms with E-state index in [4.69, 9.17) is 4.74 Å². The predicted molar refractivity (Wildman–Crippen MR) is 108 cm³/mol. The van der Waals surface area contributed by atoms with Gasteiger partial charge in [-0.1, -0.05) is 12.1 Å². The summed E-state index contributed by atoms with van der Waals surface area (Å²) in [5.41, 5.74) is 4.23. The third-order valence-corrected chi connectivity index (χ3v) is 4.45. The minimum atomic E-state index is -0.183. The Morgan fingerprint density at radius 2 is 1.77 bits per heavy atom. The van der Waals surface area contributed by atoms with Crippen LogP contribution in [0.2, 0.25) is 0 Å². The van der Waals surface area contributed by atoms with Crippen LogP contribution in [-0.2, 0) is 6.42 Å². The molecule has 0 bridgehead atoms. The number of anilines is 2. The van der Waals surface area contributed by atoms with Gasteiger partial charge in [-0.2, -0.15) is 0 Å². The molecule has 0 aromatic heterocycles. The summed E-state index contributed by atoms with van der Waals surface area (Å²) in [6, 6.07) is 13.8. The largest absolute Gasteiger partial charge is 0.497 e. The first-order valence-corrected chi connectivity index (χ1v) is 9.10. The molecule has 2 amide bonds. The highest BCUT2D eigenvalue weighted by Gasteiger charge is 2.07. The molecule has 0 saturated heterocycles. The van der Waals surface area contributed by atoms with Crippen LogP contribution < -0.4 is 20.3 Å². The topological polar surface area (TPSA) is 53.6 Å². The summed E-state index contributed by atoms with van der Waals surface area (Å²) >= 11 is 0. The zero-order valence-electron chi connectivity index (χ0n) is 16.1. The van der Waals surface area contributed by atoms with E-state index < -0.39 is 0 Å². The fraction of sp³-hybridized carbons (Fsp3) is 0.381. The highest BCUT2D eigenvalue weighted by atomic mass is 16.5. The summed E-state index contributed by atoms with van der Waals surface area (Å²) in [6.45, 7) is 8.81. The number of carbonyl (C=O) groups is 1. The zero-order chi connectivity index (χ0) is 18.9. The van der Waals surface area contributed by atoms with E-state index in [1.54, 1.807) is 7.11 Å². The van der Waals surface area contributed by atoms with Crippen LogP contribution in [-0.4, -0.2) is 32.8 Å². The van der Waals surface area contributed by atoms with Crippen LogP contribution in [0.4, 0.5) is 16.2 Å². The van der Waals surface area contributed by atoms with E-state index in [9.17, 15) is 4.79 Å². The molecule has 0 aliphatic heterocycles. The van der Waals surface area contributed by atoms with Gasteiger partial charge in [-0.05, 0) is 68.7 Å². The van der Waals surface area contributed by atoms with Crippen molar-refractivity contribution in [2.45, 2.75) is 27.2 Å². The second kappa shape index (κ2) is 9.70. The number of amides is 2. The van der Waals surface area contributed by atoms with Crippen molar-refractivity contribution in [3.8, 4) is 5.75 Å². The average molecular weight is 355 g/mol. The number of hydrogen-bond donors (Lipinski definition) is 2. The van der Waals surface area contributed by atoms with Crippen molar-refractivity contribution in [1.82, 2.24) is 5.32 Å². The first kappa shape index (κ1) is 19.6. The van der Waals surface area contributed by atoms with Crippen LogP contribution >= 0.6 is 0 Å². The summed E-state index contributed by atoms with van der Waals surface area (Å²) < 4.78 is 5.14. The number of rotatable bonds is 8. The van der Waals surface area contributed by atoms with Gasteiger partial charge in [0.2, 0.25) is 0 Å². The molecule has 0 fully saturated rings. The Balaban J connectivity index is 1.85. The Hall–Kier alpha value is -2.69. The number of urea groups is 1. The van der Waals surface area contributed by atoms with Crippen molar-refractivity contribution in [3.05, 3.63) is 53.6 Å². The van der Waals surface area contributed by atoms with E-state index in [2.05, 4.69) is 35.4 Å². The molecule has 5 nitrogen and oxygen atoms in total. The Kier molecular flexibility index (Phi) is 7.33. The predicted octanol–water partition coefficient (Wildman–Crippen LogP) is 4.21. The number of ether oxygens (including phenoxy) is 1. The number of nitrogens with zero attached hydrogens (tertiary/aromatic N) is 1. The Morgan fingerprint density at radius 1 is 1.08 bits per heavy atom. The van der Waals surface area contributed by atoms with E-state index in [0.29, 0.717) is 6.54 Å². The zero-order valence-corrected chi connectivity index (χ0v) is 16.1. The van der Waals surface area contributed by atoms with Crippen molar-refractivity contribution in [2.75, 3.05) is 37.0 Å². The minimum absolute atomic E-state index is 0.183. The summed E-state index contributed by atoms with van der Waals surface area (Å²) in [4.78, 5) is 14.4. The van der Waals surface area contributed by atoms with Gasteiger partial charge in [0.05, 0.1) is 7.11 Å². The molecule has 2 aromatic carbocycles. The number of methoxy groups -OCH3 is 1. The molecular weight excluding hydrogens is 326 g/mol. The highest BCUT2D eigenvalue weighted by molar-refractivity contribution is 5.90.